The molecule has 1 fully saturated rings. The second-order valence-electron chi connectivity index (χ2n) is 5.44. The van der Waals surface area contributed by atoms with E-state index in [-0.39, 0.29) is 24.2 Å². The summed E-state index contributed by atoms with van der Waals surface area (Å²) in [5, 5.41) is 6.67. The first-order valence-corrected chi connectivity index (χ1v) is 7.39. The van der Waals surface area contributed by atoms with Gasteiger partial charge in [-0.2, -0.15) is 4.98 Å². The van der Waals surface area contributed by atoms with Crippen molar-refractivity contribution in [3.63, 3.8) is 0 Å². The third kappa shape index (κ3) is 3.53. The Bertz CT molecular complexity index is 700. The lowest BCUT2D eigenvalue weighted by Gasteiger charge is -2.10. The highest BCUT2D eigenvalue weighted by Crippen LogP contribution is 2.16. The Morgan fingerprint density at radius 1 is 1.48 bits per heavy atom. The van der Waals surface area contributed by atoms with Gasteiger partial charge in [-0.25, -0.2) is 0 Å². The third-order valence-electron chi connectivity index (χ3n) is 3.71. The molecule has 1 atom stereocenters. The van der Waals surface area contributed by atoms with Gasteiger partial charge in [-0.15, -0.1) is 0 Å². The van der Waals surface area contributed by atoms with Crippen molar-refractivity contribution in [3.8, 4) is 11.5 Å². The lowest BCUT2D eigenvalue weighted by atomic mass is 10.1. The number of aromatic nitrogens is 3. The van der Waals surface area contributed by atoms with Gasteiger partial charge in [0, 0.05) is 39.2 Å². The molecule has 3 heterocycles. The zero-order valence-electron chi connectivity index (χ0n) is 12.7. The summed E-state index contributed by atoms with van der Waals surface area (Å²) in [5.41, 5.74) is 0.638. The van der Waals surface area contributed by atoms with E-state index in [4.69, 9.17) is 4.52 Å². The highest BCUT2D eigenvalue weighted by Gasteiger charge is 2.31. The molecular weight excluding hydrogens is 298 g/mol. The van der Waals surface area contributed by atoms with Gasteiger partial charge in [0.05, 0.1) is 5.92 Å². The van der Waals surface area contributed by atoms with E-state index in [0.717, 1.165) is 0 Å². The van der Waals surface area contributed by atoms with Crippen LogP contribution >= 0.6 is 0 Å². The van der Waals surface area contributed by atoms with Crippen molar-refractivity contribution in [3.05, 3.63) is 30.3 Å². The molecule has 1 aliphatic heterocycles. The summed E-state index contributed by atoms with van der Waals surface area (Å²) in [4.78, 5) is 33.4. The fourth-order valence-electron chi connectivity index (χ4n) is 2.43. The standard InChI is InChI=1S/C15H17N5O3/c1-20-9-10(8-13(20)21)15(22)17-7-5-12-18-14(19-23-12)11-4-2-3-6-16-11/h2-4,6,10H,5,7-9H2,1H3,(H,17,22). The number of rotatable bonds is 5. The maximum absolute atomic E-state index is 12.0. The zero-order valence-corrected chi connectivity index (χ0v) is 12.7. The first kappa shape index (κ1) is 15.1. The van der Waals surface area contributed by atoms with Crippen LogP contribution in [-0.2, 0) is 16.0 Å². The molecule has 0 spiro atoms. The Morgan fingerprint density at radius 3 is 3.04 bits per heavy atom. The summed E-state index contributed by atoms with van der Waals surface area (Å²) in [5.74, 6) is 0.467. The predicted molar refractivity (Wildman–Crippen MR) is 80.0 cm³/mol. The highest BCUT2D eigenvalue weighted by molar-refractivity contribution is 5.89. The lowest BCUT2D eigenvalue weighted by Crippen LogP contribution is -2.33. The molecule has 3 rings (SSSR count). The maximum atomic E-state index is 12.0. The fraction of sp³-hybridized carbons (Fsp3) is 0.400. The van der Waals surface area contributed by atoms with Crippen molar-refractivity contribution < 1.29 is 14.1 Å². The molecule has 0 saturated carbocycles. The lowest BCUT2D eigenvalue weighted by molar-refractivity contribution is -0.128. The van der Waals surface area contributed by atoms with E-state index < -0.39 is 0 Å². The Kier molecular flexibility index (Phi) is 4.31. The minimum Gasteiger partial charge on any atom is -0.355 e. The Morgan fingerprint density at radius 2 is 2.35 bits per heavy atom. The van der Waals surface area contributed by atoms with Gasteiger partial charge in [0.1, 0.15) is 5.69 Å². The first-order valence-electron chi connectivity index (χ1n) is 7.39. The van der Waals surface area contributed by atoms with Gasteiger partial charge < -0.3 is 14.7 Å². The van der Waals surface area contributed by atoms with Crippen molar-refractivity contribution in [2.24, 2.45) is 5.92 Å². The van der Waals surface area contributed by atoms with E-state index in [0.29, 0.717) is 36.9 Å². The van der Waals surface area contributed by atoms with Crippen molar-refractivity contribution in [2.75, 3.05) is 20.1 Å². The summed E-state index contributed by atoms with van der Waals surface area (Å²) in [6, 6.07) is 5.45. The van der Waals surface area contributed by atoms with Crippen LogP contribution in [0.2, 0.25) is 0 Å². The van der Waals surface area contributed by atoms with Crippen molar-refractivity contribution in [1.82, 2.24) is 25.3 Å². The van der Waals surface area contributed by atoms with E-state index in [2.05, 4.69) is 20.4 Å². The highest BCUT2D eigenvalue weighted by atomic mass is 16.5. The second-order valence-corrected chi connectivity index (χ2v) is 5.44. The summed E-state index contributed by atoms with van der Waals surface area (Å²) in [7, 11) is 1.70. The van der Waals surface area contributed by atoms with Gasteiger partial charge in [0.15, 0.2) is 0 Å². The third-order valence-corrected chi connectivity index (χ3v) is 3.71. The van der Waals surface area contributed by atoms with Crippen molar-refractivity contribution in [1.29, 1.82) is 0 Å². The molecule has 2 aromatic rings. The van der Waals surface area contributed by atoms with Gasteiger partial charge in [-0.05, 0) is 12.1 Å². The topological polar surface area (TPSA) is 101 Å². The van der Waals surface area contributed by atoms with Crippen LogP contribution in [0.1, 0.15) is 12.3 Å². The Hall–Kier alpha value is -2.77. The molecule has 8 nitrogen and oxygen atoms in total. The van der Waals surface area contributed by atoms with Crippen LogP contribution in [0, 0.1) is 5.92 Å². The molecule has 23 heavy (non-hydrogen) atoms. The van der Waals surface area contributed by atoms with Crippen molar-refractivity contribution in [2.45, 2.75) is 12.8 Å². The summed E-state index contributed by atoms with van der Waals surface area (Å²) < 4.78 is 5.15. The van der Waals surface area contributed by atoms with Crippen LogP contribution in [0.25, 0.3) is 11.5 Å². The van der Waals surface area contributed by atoms with E-state index >= 15 is 0 Å². The number of nitrogens with zero attached hydrogens (tertiary/aromatic N) is 4. The molecular formula is C15H17N5O3. The van der Waals surface area contributed by atoms with Crippen LogP contribution in [0.3, 0.4) is 0 Å². The van der Waals surface area contributed by atoms with E-state index in [1.807, 2.05) is 12.1 Å². The number of pyridine rings is 1. The quantitative estimate of drug-likeness (QED) is 0.850. The smallest absolute Gasteiger partial charge is 0.228 e. The minimum atomic E-state index is -0.278. The monoisotopic (exact) mass is 315 g/mol. The number of nitrogens with one attached hydrogen (secondary N) is 1. The van der Waals surface area contributed by atoms with Gasteiger partial charge in [0.25, 0.3) is 0 Å². The van der Waals surface area contributed by atoms with Gasteiger partial charge in [0.2, 0.25) is 23.5 Å². The van der Waals surface area contributed by atoms with E-state index in [9.17, 15) is 9.59 Å². The van der Waals surface area contributed by atoms with Crippen LogP contribution in [0.15, 0.2) is 28.9 Å². The molecule has 0 radical (unpaired) electrons. The van der Waals surface area contributed by atoms with E-state index in [1.54, 1.807) is 24.2 Å². The fourth-order valence-corrected chi connectivity index (χ4v) is 2.43. The van der Waals surface area contributed by atoms with Gasteiger partial charge in [-0.3, -0.25) is 14.6 Å². The average Bonchev–Trinajstić information content (AvgIpc) is 3.16. The minimum absolute atomic E-state index is 0.00190. The Balaban J connectivity index is 1.49. The van der Waals surface area contributed by atoms with Crippen LogP contribution < -0.4 is 5.32 Å². The Labute approximate surface area is 132 Å². The zero-order chi connectivity index (χ0) is 16.2. The van der Waals surface area contributed by atoms with Gasteiger partial charge >= 0.3 is 0 Å². The van der Waals surface area contributed by atoms with Gasteiger partial charge in [-0.1, -0.05) is 11.2 Å². The molecule has 1 aliphatic rings. The average molecular weight is 315 g/mol. The molecule has 2 aromatic heterocycles. The van der Waals surface area contributed by atoms with Crippen LogP contribution in [0.4, 0.5) is 0 Å². The predicted octanol–water partition coefficient (Wildman–Crippen LogP) is 0.269. The number of carbonyl (C=O) groups is 2. The molecule has 2 amide bonds. The summed E-state index contributed by atoms with van der Waals surface area (Å²) >= 11 is 0. The number of amides is 2. The molecule has 0 aliphatic carbocycles. The van der Waals surface area contributed by atoms with Crippen LogP contribution in [-0.4, -0.2) is 52.0 Å². The molecule has 1 unspecified atom stereocenters. The molecule has 0 aromatic carbocycles. The second kappa shape index (κ2) is 6.55. The number of likely N-dealkylation sites (tertiary alicyclic amines) is 1. The van der Waals surface area contributed by atoms with Crippen molar-refractivity contribution >= 4 is 11.8 Å². The summed E-state index contributed by atoms with van der Waals surface area (Å²) in [6.07, 6.45) is 2.36. The van der Waals surface area contributed by atoms with Crippen LogP contribution in [0.5, 0.6) is 0 Å². The number of hydrogen-bond acceptors (Lipinski definition) is 6. The van der Waals surface area contributed by atoms with E-state index in [1.165, 1.54) is 0 Å². The summed E-state index contributed by atoms with van der Waals surface area (Å²) in [6.45, 7) is 0.853. The number of carbonyl (C=O) groups excluding carboxylic acids is 2. The maximum Gasteiger partial charge on any atom is 0.228 e. The normalized spacial score (nSPS) is 17.5. The molecule has 0 bridgehead atoms. The molecule has 1 N–H and O–H groups in total. The SMILES string of the molecule is CN1CC(C(=O)NCCc2nc(-c3ccccn3)no2)CC1=O. The molecule has 8 heteroatoms. The molecule has 1 saturated heterocycles. The largest absolute Gasteiger partial charge is 0.355 e. The number of hydrogen-bond donors (Lipinski definition) is 1. The first-order chi connectivity index (χ1) is 11.1. The molecule has 120 valence electrons.